The van der Waals surface area contributed by atoms with Crippen LogP contribution in [0, 0.1) is 0 Å². The Bertz CT molecular complexity index is 740. The zero-order valence-electron chi connectivity index (χ0n) is 9.87. The summed E-state index contributed by atoms with van der Waals surface area (Å²) < 4.78 is 5.26. The third kappa shape index (κ3) is 2.35. The molecule has 1 heterocycles. The molecular formula is C15H10O3S. The van der Waals surface area contributed by atoms with E-state index in [1.165, 1.54) is 17.8 Å². The molecule has 0 saturated heterocycles. The average molecular weight is 270 g/mol. The van der Waals surface area contributed by atoms with Crippen molar-refractivity contribution >= 4 is 28.5 Å². The van der Waals surface area contributed by atoms with Gasteiger partial charge >= 0.3 is 5.97 Å². The van der Waals surface area contributed by atoms with E-state index < -0.39 is 5.97 Å². The molecule has 0 bridgehead atoms. The monoisotopic (exact) mass is 270 g/mol. The van der Waals surface area contributed by atoms with E-state index in [1.54, 1.807) is 6.07 Å². The lowest BCUT2D eigenvalue weighted by molar-refractivity contribution is 0.0656. The second-order valence-electron chi connectivity index (χ2n) is 4.00. The SMILES string of the molecule is O=C(O)c1ccc(Sc2cccc3ccccc23)o1. The molecule has 1 N–H and O–H groups in total. The lowest BCUT2D eigenvalue weighted by atomic mass is 10.1. The molecule has 0 aliphatic heterocycles. The van der Waals surface area contributed by atoms with Crippen molar-refractivity contribution < 1.29 is 14.3 Å². The van der Waals surface area contributed by atoms with Gasteiger partial charge in [-0.1, -0.05) is 48.2 Å². The summed E-state index contributed by atoms with van der Waals surface area (Å²) in [7, 11) is 0. The molecule has 19 heavy (non-hydrogen) atoms. The highest BCUT2D eigenvalue weighted by atomic mass is 32.2. The van der Waals surface area contributed by atoms with E-state index in [2.05, 4.69) is 0 Å². The summed E-state index contributed by atoms with van der Waals surface area (Å²) in [6.07, 6.45) is 0. The smallest absolute Gasteiger partial charge is 0.371 e. The number of carboxylic acid groups (broad SMARTS) is 1. The van der Waals surface area contributed by atoms with E-state index in [9.17, 15) is 4.79 Å². The molecule has 94 valence electrons. The molecule has 0 radical (unpaired) electrons. The van der Waals surface area contributed by atoms with Crippen molar-refractivity contribution in [2.24, 2.45) is 0 Å². The van der Waals surface area contributed by atoms with Gasteiger partial charge in [-0.05, 0) is 29.0 Å². The van der Waals surface area contributed by atoms with Crippen LogP contribution in [-0.2, 0) is 0 Å². The molecule has 0 atom stereocenters. The van der Waals surface area contributed by atoms with E-state index in [0.717, 1.165) is 15.7 Å². The maximum Gasteiger partial charge on any atom is 0.371 e. The summed E-state index contributed by atoms with van der Waals surface area (Å²) in [5.74, 6) is -1.09. The summed E-state index contributed by atoms with van der Waals surface area (Å²) in [5, 5.41) is 11.7. The Morgan fingerprint density at radius 2 is 1.79 bits per heavy atom. The molecule has 0 unspecified atom stereocenters. The maximum atomic E-state index is 10.8. The third-order valence-electron chi connectivity index (χ3n) is 2.75. The second kappa shape index (κ2) is 4.82. The number of hydrogen-bond acceptors (Lipinski definition) is 3. The number of hydrogen-bond donors (Lipinski definition) is 1. The van der Waals surface area contributed by atoms with Gasteiger partial charge in [0.15, 0.2) is 5.09 Å². The molecule has 0 saturated carbocycles. The van der Waals surface area contributed by atoms with Crippen LogP contribution in [0.1, 0.15) is 10.6 Å². The standard InChI is InChI=1S/C15H10O3S/c16-15(17)12-8-9-14(18-12)19-13-7-3-5-10-4-1-2-6-11(10)13/h1-9H,(H,16,17). The van der Waals surface area contributed by atoms with Gasteiger partial charge in [0.25, 0.3) is 0 Å². The van der Waals surface area contributed by atoms with Crippen LogP contribution in [0.25, 0.3) is 10.8 Å². The average Bonchev–Trinajstić information content (AvgIpc) is 2.88. The van der Waals surface area contributed by atoms with Crippen molar-refractivity contribution in [1.82, 2.24) is 0 Å². The predicted octanol–water partition coefficient (Wildman–Crippen LogP) is 4.28. The van der Waals surface area contributed by atoms with Gasteiger partial charge in [0, 0.05) is 4.90 Å². The zero-order valence-corrected chi connectivity index (χ0v) is 10.7. The van der Waals surface area contributed by atoms with Crippen molar-refractivity contribution in [3.63, 3.8) is 0 Å². The van der Waals surface area contributed by atoms with Crippen LogP contribution in [0.2, 0.25) is 0 Å². The van der Waals surface area contributed by atoms with E-state index >= 15 is 0 Å². The first kappa shape index (κ1) is 11.9. The van der Waals surface area contributed by atoms with Crippen molar-refractivity contribution in [3.05, 3.63) is 60.4 Å². The lowest BCUT2D eigenvalue weighted by Crippen LogP contribution is -1.91. The molecule has 0 aliphatic rings. The normalized spacial score (nSPS) is 10.7. The number of rotatable bonds is 3. The predicted molar refractivity (Wildman–Crippen MR) is 73.7 cm³/mol. The summed E-state index contributed by atoms with van der Waals surface area (Å²) >= 11 is 1.43. The largest absolute Gasteiger partial charge is 0.475 e. The van der Waals surface area contributed by atoms with Crippen LogP contribution in [0.5, 0.6) is 0 Å². The van der Waals surface area contributed by atoms with E-state index in [0.29, 0.717) is 5.09 Å². The fourth-order valence-electron chi connectivity index (χ4n) is 1.88. The Balaban J connectivity index is 1.98. The molecule has 0 aliphatic carbocycles. The number of carboxylic acids is 1. The molecule has 3 nitrogen and oxygen atoms in total. The van der Waals surface area contributed by atoms with Gasteiger partial charge in [-0.25, -0.2) is 4.79 Å². The summed E-state index contributed by atoms with van der Waals surface area (Å²) in [5.41, 5.74) is 0. The van der Waals surface area contributed by atoms with Gasteiger partial charge in [-0.2, -0.15) is 0 Å². The minimum atomic E-state index is -1.05. The summed E-state index contributed by atoms with van der Waals surface area (Å²) in [4.78, 5) is 11.8. The molecule has 1 aromatic heterocycles. The third-order valence-corrected chi connectivity index (χ3v) is 3.75. The fraction of sp³-hybridized carbons (Fsp3) is 0. The first-order valence-electron chi connectivity index (χ1n) is 5.73. The van der Waals surface area contributed by atoms with E-state index in [1.807, 2.05) is 42.5 Å². The van der Waals surface area contributed by atoms with Crippen LogP contribution in [0.3, 0.4) is 0 Å². The highest BCUT2D eigenvalue weighted by molar-refractivity contribution is 7.99. The highest BCUT2D eigenvalue weighted by Gasteiger charge is 2.10. The highest BCUT2D eigenvalue weighted by Crippen LogP contribution is 2.34. The quantitative estimate of drug-likeness (QED) is 0.771. The summed E-state index contributed by atoms with van der Waals surface area (Å²) in [6.45, 7) is 0. The number of benzene rings is 2. The second-order valence-corrected chi connectivity index (χ2v) is 5.05. The number of carbonyl (C=O) groups is 1. The molecule has 3 aromatic rings. The molecule has 0 fully saturated rings. The minimum absolute atomic E-state index is 0.0391. The maximum absolute atomic E-state index is 10.8. The van der Waals surface area contributed by atoms with Gasteiger partial charge < -0.3 is 9.52 Å². The molecule has 0 spiro atoms. The lowest BCUT2D eigenvalue weighted by Gasteiger charge is -2.03. The Hall–Kier alpha value is -2.20. The molecular weight excluding hydrogens is 260 g/mol. The zero-order chi connectivity index (χ0) is 13.2. The first-order chi connectivity index (χ1) is 9.24. The van der Waals surface area contributed by atoms with E-state index in [-0.39, 0.29) is 5.76 Å². The van der Waals surface area contributed by atoms with Crippen molar-refractivity contribution in [2.45, 2.75) is 9.99 Å². The Labute approximate surface area is 113 Å². The fourth-order valence-corrected chi connectivity index (χ4v) is 2.81. The first-order valence-corrected chi connectivity index (χ1v) is 6.54. The molecule has 3 rings (SSSR count). The van der Waals surface area contributed by atoms with Crippen LogP contribution in [-0.4, -0.2) is 11.1 Å². The number of furan rings is 1. The van der Waals surface area contributed by atoms with Gasteiger partial charge in [-0.3, -0.25) is 0 Å². The van der Waals surface area contributed by atoms with E-state index in [4.69, 9.17) is 9.52 Å². The Morgan fingerprint density at radius 3 is 2.58 bits per heavy atom. The van der Waals surface area contributed by atoms with Crippen LogP contribution >= 0.6 is 11.8 Å². The van der Waals surface area contributed by atoms with Gasteiger partial charge in [0.05, 0.1) is 0 Å². The Morgan fingerprint density at radius 1 is 1.00 bits per heavy atom. The number of aromatic carboxylic acids is 1. The topological polar surface area (TPSA) is 50.4 Å². The summed E-state index contributed by atoms with van der Waals surface area (Å²) in [6, 6.07) is 17.2. The van der Waals surface area contributed by atoms with Crippen molar-refractivity contribution in [3.8, 4) is 0 Å². The Kier molecular flexibility index (Phi) is 3.01. The van der Waals surface area contributed by atoms with Crippen molar-refractivity contribution in [2.75, 3.05) is 0 Å². The van der Waals surface area contributed by atoms with Crippen LogP contribution in [0.4, 0.5) is 0 Å². The molecule has 4 heteroatoms. The van der Waals surface area contributed by atoms with Gasteiger partial charge in [0.2, 0.25) is 5.76 Å². The van der Waals surface area contributed by atoms with Gasteiger partial charge in [-0.15, -0.1) is 0 Å². The molecule has 2 aromatic carbocycles. The van der Waals surface area contributed by atoms with Crippen LogP contribution in [0.15, 0.2) is 69.0 Å². The minimum Gasteiger partial charge on any atom is -0.475 e. The van der Waals surface area contributed by atoms with Crippen molar-refractivity contribution in [1.29, 1.82) is 0 Å². The van der Waals surface area contributed by atoms with Gasteiger partial charge in [0.1, 0.15) is 0 Å². The van der Waals surface area contributed by atoms with Crippen LogP contribution < -0.4 is 0 Å². The molecule has 0 amide bonds. The number of fused-ring (bicyclic) bond motifs is 1.